The zero-order valence-electron chi connectivity index (χ0n) is 14.9. The third-order valence-electron chi connectivity index (χ3n) is 3.98. The molecule has 5 nitrogen and oxygen atoms in total. The van der Waals surface area contributed by atoms with Crippen LogP contribution in [0, 0.1) is 12.7 Å². The Kier molecular flexibility index (Phi) is 6.74. The highest BCUT2D eigenvalue weighted by Crippen LogP contribution is 2.22. The summed E-state index contributed by atoms with van der Waals surface area (Å²) in [5.41, 5.74) is 2.33. The van der Waals surface area contributed by atoms with E-state index in [0.717, 1.165) is 17.4 Å². The fourth-order valence-corrected chi connectivity index (χ4v) is 3.58. The van der Waals surface area contributed by atoms with Crippen molar-refractivity contribution < 1.29 is 17.6 Å². The van der Waals surface area contributed by atoms with Crippen LogP contribution in [0.15, 0.2) is 48.5 Å². The number of rotatable bonds is 8. The molecule has 0 aliphatic heterocycles. The molecule has 0 heterocycles. The molecule has 0 radical (unpaired) electrons. The van der Waals surface area contributed by atoms with Crippen molar-refractivity contribution in [3.63, 3.8) is 0 Å². The van der Waals surface area contributed by atoms with Crippen molar-refractivity contribution in [3.8, 4) is 0 Å². The first-order valence-electron chi connectivity index (χ1n) is 8.32. The van der Waals surface area contributed by atoms with Gasteiger partial charge in [-0.3, -0.25) is 9.10 Å². The van der Waals surface area contributed by atoms with Crippen molar-refractivity contribution in [2.75, 3.05) is 23.7 Å². The molecule has 0 saturated carbocycles. The standard InChI is InChI=1S/C19H23FN2O3S/c1-15-5-3-4-6-18(15)22(26(2,24)25)14-12-19(23)21-13-11-16-7-9-17(20)10-8-16/h3-10H,11-14H2,1-2H3,(H,21,23). The second-order valence-corrected chi connectivity index (χ2v) is 8.00. The Balaban J connectivity index is 1.89. The molecule has 0 bridgehead atoms. The molecular formula is C19H23FN2O3S. The van der Waals surface area contributed by atoms with Crippen LogP contribution in [0.3, 0.4) is 0 Å². The zero-order chi connectivity index (χ0) is 19.2. The molecule has 2 aromatic rings. The zero-order valence-corrected chi connectivity index (χ0v) is 15.7. The number of benzene rings is 2. The van der Waals surface area contributed by atoms with E-state index >= 15 is 0 Å². The molecule has 0 atom stereocenters. The summed E-state index contributed by atoms with van der Waals surface area (Å²) in [6, 6.07) is 13.3. The number of nitrogens with zero attached hydrogens (tertiary/aromatic N) is 1. The van der Waals surface area contributed by atoms with Crippen LogP contribution in [-0.2, 0) is 21.2 Å². The molecular weight excluding hydrogens is 355 g/mol. The maximum absolute atomic E-state index is 12.9. The summed E-state index contributed by atoms with van der Waals surface area (Å²) < 4.78 is 38.3. The van der Waals surface area contributed by atoms with E-state index in [9.17, 15) is 17.6 Å². The summed E-state index contributed by atoms with van der Waals surface area (Å²) in [5, 5.41) is 2.76. The number of para-hydroxylation sites is 1. The van der Waals surface area contributed by atoms with Gasteiger partial charge >= 0.3 is 0 Å². The van der Waals surface area contributed by atoms with Gasteiger partial charge in [0.15, 0.2) is 0 Å². The van der Waals surface area contributed by atoms with Crippen molar-refractivity contribution in [1.82, 2.24) is 5.32 Å². The van der Waals surface area contributed by atoms with E-state index in [2.05, 4.69) is 5.32 Å². The summed E-state index contributed by atoms with van der Waals surface area (Å²) >= 11 is 0. The predicted molar refractivity (Wildman–Crippen MR) is 101 cm³/mol. The van der Waals surface area contributed by atoms with Gasteiger partial charge in [0, 0.05) is 19.5 Å². The van der Waals surface area contributed by atoms with Gasteiger partial charge in [0.2, 0.25) is 15.9 Å². The highest BCUT2D eigenvalue weighted by Gasteiger charge is 2.19. The number of carbonyl (C=O) groups excluding carboxylic acids is 1. The molecule has 0 spiro atoms. The lowest BCUT2D eigenvalue weighted by molar-refractivity contribution is -0.120. The van der Waals surface area contributed by atoms with E-state index < -0.39 is 10.0 Å². The highest BCUT2D eigenvalue weighted by atomic mass is 32.2. The number of hydrogen-bond donors (Lipinski definition) is 1. The highest BCUT2D eigenvalue weighted by molar-refractivity contribution is 7.92. The molecule has 2 aromatic carbocycles. The molecule has 1 N–H and O–H groups in total. The molecule has 0 aromatic heterocycles. The normalized spacial score (nSPS) is 11.2. The van der Waals surface area contributed by atoms with E-state index in [1.807, 2.05) is 19.1 Å². The van der Waals surface area contributed by atoms with E-state index in [1.54, 1.807) is 24.3 Å². The number of halogens is 1. The lowest BCUT2D eigenvalue weighted by Gasteiger charge is -2.23. The van der Waals surface area contributed by atoms with Crippen molar-refractivity contribution in [3.05, 3.63) is 65.5 Å². The minimum atomic E-state index is -3.49. The summed E-state index contributed by atoms with van der Waals surface area (Å²) in [6.07, 6.45) is 1.77. The average Bonchev–Trinajstić information content (AvgIpc) is 2.57. The lowest BCUT2D eigenvalue weighted by atomic mass is 10.1. The van der Waals surface area contributed by atoms with Gasteiger partial charge in [-0.25, -0.2) is 12.8 Å². The number of sulfonamides is 1. The first-order valence-corrected chi connectivity index (χ1v) is 10.2. The lowest BCUT2D eigenvalue weighted by Crippen LogP contribution is -2.35. The minimum Gasteiger partial charge on any atom is -0.356 e. The van der Waals surface area contributed by atoms with Crippen molar-refractivity contribution in [2.24, 2.45) is 0 Å². The van der Waals surface area contributed by atoms with Crippen LogP contribution in [0.1, 0.15) is 17.5 Å². The first-order chi connectivity index (χ1) is 12.3. The molecule has 0 aliphatic carbocycles. The number of carbonyl (C=O) groups is 1. The Morgan fingerprint density at radius 3 is 2.38 bits per heavy atom. The fraction of sp³-hybridized carbons (Fsp3) is 0.316. The van der Waals surface area contributed by atoms with Crippen molar-refractivity contribution in [2.45, 2.75) is 19.8 Å². The fourth-order valence-electron chi connectivity index (χ4n) is 2.60. The van der Waals surface area contributed by atoms with Gasteiger partial charge in [0.25, 0.3) is 0 Å². The molecule has 7 heteroatoms. The third-order valence-corrected chi connectivity index (χ3v) is 5.16. The molecule has 0 aliphatic rings. The van der Waals surface area contributed by atoms with Crippen LogP contribution in [0.4, 0.5) is 10.1 Å². The Hall–Kier alpha value is -2.41. The SMILES string of the molecule is Cc1ccccc1N(CCC(=O)NCCc1ccc(F)cc1)S(C)(=O)=O. The number of hydrogen-bond acceptors (Lipinski definition) is 3. The quantitative estimate of drug-likeness (QED) is 0.768. The first kappa shape index (κ1) is 19.9. The van der Waals surface area contributed by atoms with Crippen LogP contribution in [0.25, 0.3) is 0 Å². The van der Waals surface area contributed by atoms with Gasteiger partial charge in [-0.2, -0.15) is 0 Å². The van der Waals surface area contributed by atoms with Crippen LogP contribution < -0.4 is 9.62 Å². The van der Waals surface area contributed by atoms with Gasteiger partial charge in [0.1, 0.15) is 5.82 Å². The molecule has 140 valence electrons. The average molecular weight is 378 g/mol. The number of nitrogens with one attached hydrogen (secondary N) is 1. The van der Waals surface area contributed by atoms with Crippen LogP contribution in [0.5, 0.6) is 0 Å². The second-order valence-electron chi connectivity index (χ2n) is 6.10. The van der Waals surface area contributed by atoms with Crippen LogP contribution in [0.2, 0.25) is 0 Å². The number of aryl methyl sites for hydroxylation is 1. The maximum Gasteiger partial charge on any atom is 0.232 e. The third kappa shape index (κ3) is 5.84. The summed E-state index contributed by atoms with van der Waals surface area (Å²) in [7, 11) is -3.49. The summed E-state index contributed by atoms with van der Waals surface area (Å²) in [4.78, 5) is 12.0. The summed E-state index contributed by atoms with van der Waals surface area (Å²) in [5.74, 6) is -0.524. The Labute approximate surface area is 153 Å². The van der Waals surface area contributed by atoms with Gasteiger partial charge < -0.3 is 5.32 Å². The summed E-state index contributed by atoms with van der Waals surface area (Å²) in [6.45, 7) is 2.32. The van der Waals surface area contributed by atoms with Gasteiger partial charge in [-0.1, -0.05) is 30.3 Å². The molecule has 1 amide bonds. The van der Waals surface area contributed by atoms with Crippen LogP contribution >= 0.6 is 0 Å². The topological polar surface area (TPSA) is 66.5 Å². The van der Waals surface area contributed by atoms with E-state index in [1.165, 1.54) is 16.4 Å². The van der Waals surface area contributed by atoms with Crippen molar-refractivity contribution in [1.29, 1.82) is 0 Å². The molecule has 0 unspecified atom stereocenters. The Bertz CT molecular complexity index is 851. The molecule has 0 saturated heterocycles. The van der Waals surface area contributed by atoms with E-state index in [-0.39, 0.29) is 24.7 Å². The van der Waals surface area contributed by atoms with Gasteiger partial charge in [-0.15, -0.1) is 0 Å². The number of amides is 1. The molecule has 26 heavy (non-hydrogen) atoms. The maximum atomic E-state index is 12.9. The minimum absolute atomic E-state index is 0.0603. The Morgan fingerprint density at radius 1 is 1.12 bits per heavy atom. The Morgan fingerprint density at radius 2 is 1.77 bits per heavy atom. The van der Waals surface area contributed by atoms with Crippen molar-refractivity contribution >= 4 is 21.6 Å². The second kappa shape index (κ2) is 8.80. The number of anilines is 1. The van der Waals surface area contributed by atoms with Gasteiger partial charge in [0.05, 0.1) is 11.9 Å². The smallest absolute Gasteiger partial charge is 0.232 e. The predicted octanol–water partition coefficient (Wildman–Crippen LogP) is 2.65. The molecule has 0 fully saturated rings. The molecule has 2 rings (SSSR count). The van der Waals surface area contributed by atoms with E-state index in [0.29, 0.717) is 18.7 Å². The van der Waals surface area contributed by atoms with Gasteiger partial charge in [-0.05, 0) is 42.7 Å². The monoisotopic (exact) mass is 378 g/mol. The van der Waals surface area contributed by atoms with Crippen LogP contribution in [-0.4, -0.2) is 33.7 Å². The van der Waals surface area contributed by atoms with E-state index in [4.69, 9.17) is 0 Å². The largest absolute Gasteiger partial charge is 0.356 e.